The van der Waals surface area contributed by atoms with Crippen LogP contribution in [0.15, 0.2) is 30.3 Å². The average molecular weight is 181 g/mol. The van der Waals surface area contributed by atoms with Gasteiger partial charge in [0.2, 0.25) is 0 Å². The zero-order chi connectivity index (χ0) is 10.4. The molecular formula is C11H17NO. The second-order valence-electron chi connectivity index (χ2n) is 3.15. The Kier molecular flexibility index (Phi) is 3.85. The minimum atomic E-state index is -0.279. The largest absolute Gasteiger partial charge is 0.375 e. The summed E-state index contributed by atoms with van der Waals surface area (Å²) in [7, 11) is 3.76. The van der Waals surface area contributed by atoms with Gasteiger partial charge >= 0.3 is 0 Å². The molecule has 0 fully saturated rings. The Labute approximate surface area is 81.5 Å². The van der Waals surface area contributed by atoms with Gasteiger partial charge in [-0.1, -0.05) is 30.3 Å². The van der Waals surface area contributed by atoms with Crippen molar-refractivity contribution in [1.82, 2.24) is 4.90 Å². The molecule has 0 saturated carbocycles. The standard InChI is InChI=1S/C11H17NO/c1-12(2)8-9-13-10-11-6-4-3-5-7-11/h3-7H,8-10H2,1-2H3/i8T. The molecule has 2 nitrogen and oxygen atoms in total. The molecule has 72 valence electrons. The molecule has 0 radical (unpaired) electrons. The van der Waals surface area contributed by atoms with Crippen molar-refractivity contribution >= 4 is 0 Å². The quantitative estimate of drug-likeness (QED) is 0.686. The molecule has 0 spiro atoms. The highest BCUT2D eigenvalue weighted by atomic mass is 16.5. The van der Waals surface area contributed by atoms with Gasteiger partial charge in [0.1, 0.15) is 0 Å². The smallest absolute Gasteiger partial charge is 0.0717 e. The first-order valence-electron chi connectivity index (χ1n) is 4.98. The third-order valence-electron chi connectivity index (χ3n) is 1.67. The molecule has 1 atom stereocenters. The van der Waals surface area contributed by atoms with E-state index in [0.717, 1.165) is 5.56 Å². The summed E-state index contributed by atoms with van der Waals surface area (Å²) in [6.07, 6.45) is 0. The Balaban J connectivity index is 2.22. The summed E-state index contributed by atoms with van der Waals surface area (Å²) >= 11 is 0. The number of benzene rings is 1. The van der Waals surface area contributed by atoms with Crippen molar-refractivity contribution < 1.29 is 6.11 Å². The van der Waals surface area contributed by atoms with Gasteiger partial charge in [-0.15, -0.1) is 0 Å². The van der Waals surface area contributed by atoms with Gasteiger partial charge in [-0.25, -0.2) is 0 Å². The fourth-order valence-electron chi connectivity index (χ4n) is 0.953. The molecule has 0 saturated heterocycles. The topological polar surface area (TPSA) is 12.5 Å². The Morgan fingerprint density at radius 2 is 2.00 bits per heavy atom. The third kappa shape index (κ3) is 4.65. The molecule has 1 rings (SSSR count). The molecular weight excluding hydrogens is 162 g/mol. The Hall–Kier alpha value is -0.860. The van der Waals surface area contributed by atoms with E-state index in [4.69, 9.17) is 6.11 Å². The zero-order valence-corrected chi connectivity index (χ0v) is 8.23. The van der Waals surface area contributed by atoms with Crippen LogP contribution in [0.5, 0.6) is 0 Å². The van der Waals surface area contributed by atoms with E-state index in [1.807, 2.05) is 49.3 Å². The lowest BCUT2D eigenvalue weighted by Gasteiger charge is -2.09. The van der Waals surface area contributed by atoms with Crippen LogP contribution in [-0.4, -0.2) is 32.1 Å². The minimum Gasteiger partial charge on any atom is -0.375 e. The molecule has 13 heavy (non-hydrogen) atoms. The van der Waals surface area contributed by atoms with Crippen LogP contribution in [0.2, 0.25) is 0 Å². The summed E-state index contributed by atoms with van der Waals surface area (Å²) in [5, 5.41) is 0. The summed E-state index contributed by atoms with van der Waals surface area (Å²) in [6, 6.07) is 10.0. The Morgan fingerprint density at radius 1 is 1.31 bits per heavy atom. The number of hydrogen-bond donors (Lipinski definition) is 0. The van der Waals surface area contributed by atoms with Gasteiger partial charge in [0.05, 0.1) is 13.2 Å². The van der Waals surface area contributed by atoms with E-state index >= 15 is 0 Å². The van der Waals surface area contributed by atoms with Crippen LogP contribution in [0, 0.1) is 0 Å². The van der Waals surface area contributed by atoms with Gasteiger partial charge < -0.3 is 9.64 Å². The highest BCUT2D eigenvalue weighted by Gasteiger charge is 1.92. The second-order valence-corrected chi connectivity index (χ2v) is 3.15. The molecule has 1 unspecified atom stereocenters. The van der Waals surface area contributed by atoms with Crippen LogP contribution in [0.1, 0.15) is 6.93 Å². The molecule has 0 aliphatic heterocycles. The highest BCUT2D eigenvalue weighted by Crippen LogP contribution is 1.99. The number of likely N-dealkylation sites (N-methyl/N-ethyl adjacent to an activating group) is 1. The monoisotopic (exact) mass is 181 g/mol. The van der Waals surface area contributed by atoms with Crippen molar-refractivity contribution in [1.29, 1.82) is 0 Å². The summed E-state index contributed by atoms with van der Waals surface area (Å²) in [5.41, 5.74) is 1.15. The molecule has 0 amide bonds. The van der Waals surface area contributed by atoms with E-state index in [9.17, 15) is 0 Å². The molecule has 0 aromatic heterocycles. The van der Waals surface area contributed by atoms with Crippen LogP contribution in [-0.2, 0) is 11.3 Å². The van der Waals surface area contributed by atoms with Crippen molar-refractivity contribution in [2.24, 2.45) is 0 Å². The minimum absolute atomic E-state index is 0.279. The highest BCUT2D eigenvalue weighted by molar-refractivity contribution is 5.13. The number of rotatable bonds is 5. The molecule has 0 N–H and O–H groups in total. The van der Waals surface area contributed by atoms with Gasteiger partial charge in [0.25, 0.3) is 0 Å². The molecule has 0 aliphatic carbocycles. The second kappa shape index (κ2) is 5.73. The first-order chi connectivity index (χ1) is 6.70. The van der Waals surface area contributed by atoms with E-state index in [0.29, 0.717) is 13.2 Å². The van der Waals surface area contributed by atoms with Gasteiger partial charge in [-0.3, -0.25) is 0 Å². The van der Waals surface area contributed by atoms with E-state index in [1.165, 1.54) is 0 Å². The van der Waals surface area contributed by atoms with Crippen molar-refractivity contribution in [3.05, 3.63) is 35.9 Å². The molecule has 0 aliphatic rings. The van der Waals surface area contributed by atoms with Crippen LogP contribution >= 0.6 is 0 Å². The number of ether oxygens (including phenoxy) is 1. The normalized spacial score (nSPS) is 14.2. The molecule has 1 aromatic rings. The molecule has 2 heteroatoms. The number of nitrogens with zero attached hydrogens (tertiary/aromatic N) is 1. The Morgan fingerprint density at radius 3 is 2.62 bits per heavy atom. The lowest BCUT2D eigenvalue weighted by molar-refractivity contribution is 0.105. The molecule has 1 aromatic carbocycles. The van der Waals surface area contributed by atoms with Crippen molar-refractivity contribution in [2.45, 2.75) is 6.61 Å². The van der Waals surface area contributed by atoms with Crippen LogP contribution in [0.4, 0.5) is 0 Å². The van der Waals surface area contributed by atoms with E-state index in [2.05, 4.69) is 0 Å². The third-order valence-corrected chi connectivity index (χ3v) is 1.67. The summed E-state index contributed by atoms with van der Waals surface area (Å²) in [4.78, 5) is 1.82. The fourth-order valence-corrected chi connectivity index (χ4v) is 0.953. The van der Waals surface area contributed by atoms with E-state index in [1.54, 1.807) is 0 Å². The van der Waals surface area contributed by atoms with Crippen molar-refractivity contribution in [3.8, 4) is 0 Å². The average Bonchev–Trinajstić information content (AvgIpc) is 2.19. The van der Waals surface area contributed by atoms with Crippen LogP contribution in [0.3, 0.4) is 0 Å². The van der Waals surface area contributed by atoms with Crippen LogP contribution in [0.25, 0.3) is 0 Å². The predicted octanol–water partition coefficient (Wildman–Crippen LogP) is 1.76. The Bertz CT molecular complexity index is 251. The maximum absolute atomic E-state index is 7.59. The predicted molar refractivity (Wildman–Crippen MR) is 54.7 cm³/mol. The maximum Gasteiger partial charge on any atom is 0.0717 e. The lowest BCUT2D eigenvalue weighted by atomic mass is 10.2. The van der Waals surface area contributed by atoms with E-state index < -0.39 is 0 Å². The first-order valence-corrected chi connectivity index (χ1v) is 4.40. The SMILES string of the molecule is [3H]C(COCc1ccccc1)N(C)C. The van der Waals surface area contributed by atoms with Gasteiger partial charge in [-0.2, -0.15) is 0 Å². The molecule has 0 heterocycles. The van der Waals surface area contributed by atoms with Crippen LogP contribution < -0.4 is 0 Å². The molecule has 0 bridgehead atoms. The lowest BCUT2D eigenvalue weighted by Crippen LogP contribution is -2.17. The van der Waals surface area contributed by atoms with Crippen molar-refractivity contribution in [2.75, 3.05) is 27.2 Å². The zero-order valence-electron chi connectivity index (χ0n) is 9.23. The number of hydrogen-bond acceptors (Lipinski definition) is 2. The maximum atomic E-state index is 7.59. The van der Waals surface area contributed by atoms with Gasteiger partial charge in [0.15, 0.2) is 0 Å². The fraction of sp³-hybridized carbons (Fsp3) is 0.455. The van der Waals surface area contributed by atoms with Gasteiger partial charge in [-0.05, 0) is 19.7 Å². The van der Waals surface area contributed by atoms with Gasteiger partial charge in [0, 0.05) is 7.89 Å². The van der Waals surface area contributed by atoms with E-state index in [-0.39, 0.29) is 6.52 Å². The van der Waals surface area contributed by atoms with Crippen molar-refractivity contribution in [3.63, 3.8) is 0 Å². The first kappa shape index (κ1) is 8.73. The summed E-state index contributed by atoms with van der Waals surface area (Å²) < 4.78 is 13.0. The summed E-state index contributed by atoms with van der Waals surface area (Å²) in [5.74, 6) is 0. The summed E-state index contributed by atoms with van der Waals surface area (Å²) in [6.45, 7) is 0.755.